The van der Waals surface area contributed by atoms with Crippen LogP contribution in [0.5, 0.6) is 5.75 Å². The summed E-state index contributed by atoms with van der Waals surface area (Å²) < 4.78 is 25.5. The van der Waals surface area contributed by atoms with Crippen molar-refractivity contribution in [3.8, 4) is 11.4 Å². The summed E-state index contributed by atoms with van der Waals surface area (Å²) in [6.07, 6.45) is 10.9. The number of esters is 1. The monoisotopic (exact) mass is 501 g/mol. The van der Waals surface area contributed by atoms with Crippen LogP contribution in [0, 0.1) is 6.92 Å². The number of hydrogen-bond donors (Lipinski definition) is 0. The number of nitrogens with zero attached hydrogens (tertiary/aromatic N) is 3. The molecule has 2 atom stereocenters. The van der Waals surface area contributed by atoms with Crippen LogP contribution in [0.2, 0.25) is 5.02 Å². The number of hydrogen-bond acceptors (Lipinski definition) is 5. The number of alkyl halides is 1. The summed E-state index contributed by atoms with van der Waals surface area (Å²) in [6.45, 7) is 3.73. The molecule has 0 amide bonds. The first-order chi connectivity index (χ1) is 16.3. The normalized spacial score (nSPS) is 16.1. The predicted octanol–water partition coefficient (Wildman–Crippen LogP) is 6.04. The van der Waals surface area contributed by atoms with Gasteiger partial charge in [-0.15, -0.1) is 0 Å². The second-order valence-corrected chi connectivity index (χ2v) is 8.45. The van der Waals surface area contributed by atoms with Crippen molar-refractivity contribution in [1.29, 1.82) is 0 Å². The molecule has 1 aliphatic rings. The van der Waals surface area contributed by atoms with Crippen molar-refractivity contribution >= 4 is 39.1 Å². The molecule has 1 aromatic carbocycles. The van der Waals surface area contributed by atoms with Crippen LogP contribution in [0.4, 0.5) is 4.39 Å². The van der Waals surface area contributed by atoms with Crippen LogP contribution >= 0.6 is 20.8 Å². The minimum Gasteiger partial charge on any atom is -0.464 e. The lowest BCUT2D eigenvalue weighted by Crippen LogP contribution is -2.08. The van der Waals surface area contributed by atoms with Gasteiger partial charge in [-0.25, -0.2) is 9.48 Å². The van der Waals surface area contributed by atoms with Gasteiger partial charge in [-0.05, 0) is 61.3 Å². The fourth-order valence-electron chi connectivity index (χ4n) is 3.59. The molecule has 1 heterocycles. The Morgan fingerprint density at radius 2 is 2.15 bits per heavy atom. The summed E-state index contributed by atoms with van der Waals surface area (Å²) in [5.74, 6) is -0.372. The molecule has 2 unspecified atom stereocenters. The number of aliphatic imine (C=N–C) groups is 1. The fourth-order valence-corrected chi connectivity index (χ4v) is 3.91. The number of benzene rings is 1. The van der Waals surface area contributed by atoms with Gasteiger partial charge < -0.3 is 9.47 Å². The van der Waals surface area contributed by atoms with Crippen LogP contribution in [0.15, 0.2) is 64.2 Å². The molecule has 1 aromatic heterocycles. The van der Waals surface area contributed by atoms with Gasteiger partial charge in [-0.3, -0.25) is 4.99 Å². The van der Waals surface area contributed by atoms with Gasteiger partial charge in [0.25, 0.3) is 0 Å². The van der Waals surface area contributed by atoms with Crippen LogP contribution in [0.3, 0.4) is 0 Å². The van der Waals surface area contributed by atoms with Crippen molar-refractivity contribution in [3.05, 3.63) is 81.2 Å². The number of carbonyl (C=O) groups excluding carboxylic acids is 1. The van der Waals surface area contributed by atoms with E-state index in [0.717, 1.165) is 23.1 Å². The highest BCUT2D eigenvalue weighted by atomic mass is 35.5. The Morgan fingerprint density at radius 3 is 2.76 bits per heavy atom. The van der Waals surface area contributed by atoms with Crippen molar-refractivity contribution < 1.29 is 18.7 Å². The van der Waals surface area contributed by atoms with Gasteiger partial charge in [0.2, 0.25) is 6.10 Å². The first-order valence-corrected chi connectivity index (χ1v) is 11.5. The Bertz CT molecular complexity index is 1240. The highest BCUT2D eigenvalue weighted by Crippen LogP contribution is 2.32. The number of methoxy groups -OCH3 is 1. The van der Waals surface area contributed by atoms with Crippen LogP contribution in [0.25, 0.3) is 11.8 Å². The molecule has 0 N–H and O–H groups in total. The number of rotatable bonds is 7. The molecule has 34 heavy (non-hydrogen) atoms. The Balaban J connectivity index is 2.27. The lowest BCUT2D eigenvalue weighted by atomic mass is 9.95. The van der Waals surface area contributed by atoms with E-state index in [0.29, 0.717) is 22.0 Å². The molecule has 0 spiro atoms. The van der Waals surface area contributed by atoms with Gasteiger partial charge in [0.1, 0.15) is 11.4 Å². The summed E-state index contributed by atoms with van der Waals surface area (Å²) in [5.41, 5.74) is 4.67. The van der Waals surface area contributed by atoms with E-state index in [-0.39, 0.29) is 11.4 Å². The summed E-state index contributed by atoms with van der Waals surface area (Å²) in [5, 5.41) is 4.89. The van der Waals surface area contributed by atoms with Crippen LogP contribution < -0.4 is 4.74 Å². The average molecular weight is 502 g/mol. The van der Waals surface area contributed by atoms with Gasteiger partial charge >= 0.3 is 5.97 Å². The van der Waals surface area contributed by atoms with Gasteiger partial charge in [0, 0.05) is 23.8 Å². The zero-order chi connectivity index (χ0) is 24.8. The van der Waals surface area contributed by atoms with E-state index in [1.54, 1.807) is 38.4 Å². The summed E-state index contributed by atoms with van der Waals surface area (Å²) >= 11 is 6.25. The first kappa shape index (κ1) is 25.6. The molecule has 3 rings (SSSR count). The number of allylic oxidation sites excluding steroid dienone is 7. The molecule has 0 saturated heterocycles. The molecule has 0 bridgehead atoms. The third kappa shape index (κ3) is 5.72. The van der Waals surface area contributed by atoms with Gasteiger partial charge in [-0.2, -0.15) is 9.49 Å². The molecular weight excluding hydrogens is 476 g/mol. The zero-order valence-corrected chi connectivity index (χ0v) is 21.3. The Hall–Kier alpha value is -3.02. The van der Waals surface area contributed by atoms with Gasteiger partial charge in [0.15, 0.2) is 5.69 Å². The van der Waals surface area contributed by atoms with Gasteiger partial charge in [-0.1, -0.05) is 45.1 Å². The SMILES string of the molecule is CN=CC(/C(C)=C/c1c(C)c(C(=O)OC)nn1-c1cc(Cl)ccc1OC(F)P)=C1/C=CC=CC1. The second kappa shape index (κ2) is 11.4. The molecule has 2 aromatic rings. The Kier molecular flexibility index (Phi) is 8.59. The van der Waals surface area contributed by atoms with E-state index in [1.165, 1.54) is 11.8 Å². The lowest BCUT2D eigenvalue weighted by Gasteiger charge is -2.15. The van der Waals surface area contributed by atoms with E-state index in [4.69, 9.17) is 21.1 Å². The summed E-state index contributed by atoms with van der Waals surface area (Å²) in [4.78, 5) is 16.7. The Morgan fingerprint density at radius 1 is 1.38 bits per heavy atom. The predicted molar refractivity (Wildman–Crippen MR) is 138 cm³/mol. The average Bonchev–Trinajstić information content (AvgIpc) is 3.14. The molecule has 0 saturated carbocycles. The first-order valence-electron chi connectivity index (χ1n) is 10.5. The lowest BCUT2D eigenvalue weighted by molar-refractivity contribution is 0.0592. The number of aromatic nitrogens is 2. The van der Waals surface area contributed by atoms with Crippen LogP contribution in [0.1, 0.15) is 35.1 Å². The second-order valence-electron chi connectivity index (χ2n) is 7.49. The van der Waals surface area contributed by atoms with Crippen molar-refractivity contribution in [2.24, 2.45) is 4.99 Å². The third-order valence-corrected chi connectivity index (χ3v) is 5.57. The van der Waals surface area contributed by atoms with Crippen molar-refractivity contribution in [2.75, 3.05) is 14.2 Å². The standard InChI is InChI=1S/C25H26ClFN3O3P/c1-15(19(14-28-3)17-8-6-5-7-9-17)12-20-16(2)23(24(31)32-4)29-30(20)21-13-18(26)10-11-22(21)33-25(27)34/h5-8,10-14,25H,9,34H2,1-4H3/b15-12+,19-17+,28-14?. The molecule has 178 valence electrons. The highest BCUT2D eigenvalue weighted by Gasteiger charge is 2.23. The van der Waals surface area contributed by atoms with E-state index in [2.05, 4.69) is 16.2 Å². The topological polar surface area (TPSA) is 65.7 Å². The van der Waals surface area contributed by atoms with E-state index in [9.17, 15) is 9.18 Å². The molecule has 0 fully saturated rings. The van der Waals surface area contributed by atoms with E-state index in [1.807, 2.05) is 40.5 Å². The minimum atomic E-state index is -1.64. The zero-order valence-electron chi connectivity index (χ0n) is 19.4. The van der Waals surface area contributed by atoms with Crippen LogP contribution in [-0.4, -0.2) is 42.2 Å². The molecule has 0 aliphatic heterocycles. The van der Waals surface area contributed by atoms with Crippen LogP contribution in [-0.2, 0) is 4.74 Å². The maximum absolute atomic E-state index is 13.7. The van der Waals surface area contributed by atoms with Crippen molar-refractivity contribution in [3.63, 3.8) is 0 Å². The van der Waals surface area contributed by atoms with Crippen molar-refractivity contribution in [1.82, 2.24) is 9.78 Å². The van der Waals surface area contributed by atoms with E-state index >= 15 is 0 Å². The maximum Gasteiger partial charge on any atom is 0.358 e. The molecular formula is C25H26ClFN3O3P. The summed E-state index contributed by atoms with van der Waals surface area (Å²) in [6, 6.07) is 4.75. The largest absolute Gasteiger partial charge is 0.464 e. The highest BCUT2D eigenvalue weighted by molar-refractivity contribution is 7.16. The molecule has 9 heteroatoms. The summed E-state index contributed by atoms with van der Waals surface area (Å²) in [7, 11) is 4.95. The molecule has 1 aliphatic carbocycles. The molecule has 0 radical (unpaired) electrons. The number of carbonyl (C=O) groups is 1. The third-order valence-electron chi connectivity index (χ3n) is 5.20. The quantitative estimate of drug-likeness (QED) is 0.263. The fraction of sp³-hybridized carbons (Fsp3) is 0.240. The number of ether oxygens (including phenoxy) is 2. The van der Waals surface area contributed by atoms with E-state index < -0.39 is 12.1 Å². The minimum absolute atomic E-state index is 0.133. The Labute approximate surface area is 205 Å². The van der Waals surface area contributed by atoms with Crippen molar-refractivity contribution in [2.45, 2.75) is 26.4 Å². The molecule has 6 nitrogen and oxygen atoms in total. The smallest absolute Gasteiger partial charge is 0.358 e. The van der Waals surface area contributed by atoms with Gasteiger partial charge in [0.05, 0.1) is 12.8 Å². The number of halogens is 2. The maximum atomic E-state index is 13.7.